The van der Waals surface area contributed by atoms with Crippen LogP contribution in [0.2, 0.25) is 5.02 Å². The van der Waals surface area contributed by atoms with Gasteiger partial charge in [0.15, 0.2) is 0 Å². The number of halogens is 1. The molecule has 1 aromatic heterocycles. The average Bonchev–Trinajstić information content (AvgIpc) is 2.42. The van der Waals surface area contributed by atoms with E-state index >= 15 is 0 Å². The molecular weight excluding hydrogens is 254 g/mol. The molecule has 0 unspecified atom stereocenters. The zero-order valence-electron chi connectivity index (χ0n) is 10.7. The minimum Gasteiger partial charge on any atom is -0.252 e. The molecule has 1 nitrogen and oxygen atoms in total. The highest BCUT2D eigenvalue weighted by molar-refractivity contribution is 6.31. The molecule has 3 rings (SSSR count). The molecule has 0 atom stereocenters. The Labute approximate surface area is 117 Å². The van der Waals surface area contributed by atoms with E-state index in [0.717, 1.165) is 28.2 Å². The topological polar surface area (TPSA) is 12.9 Å². The summed E-state index contributed by atoms with van der Waals surface area (Å²) in [6.07, 6.45) is 0.769. The molecule has 0 bridgehead atoms. The molecular formula is C17H14ClN. The highest BCUT2D eigenvalue weighted by Crippen LogP contribution is 2.22. The fourth-order valence-corrected chi connectivity index (χ4v) is 2.55. The first-order valence-corrected chi connectivity index (χ1v) is 6.70. The Bertz CT molecular complexity index is 734. The van der Waals surface area contributed by atoms with Gasteiger partial charge in [0.1, 0.15) is 0 Å². The van der Waals surface area contributed by atoms with Crippen LogP contribution < -0.4 is 0 Å². The van der Waals surface area contributed by atoms with Crippen molar-refractivity contribution in [3.05, 3.63) is 76.4 Å². The predicted octanol–water partition coefficient (Wildman–Crippen LogP) is 4.79. The predicted molar refractivity (Wildman–Crippen MR) is 80.7 cm³/mol. The highest BCUT2D eigenvalue weighted by Gasteiger charge is 2.05. The average molecular weight is 268 g/mol. The van der Waals surface area contributed by atoms with Crippen molar-refractivity contribution in [1.29, 1.82) is 0 Å². The normalized spacial score (nSPS) is 10.8. The van der Waals surface area contributed by atoms with Gasteiger partial charge in [0.05, 0.1) is 5.52 Å². The number of para-hydroxylation sites is 1. The van der Waals surface area contributed by atoms with Gasteiger partial charge in [0, 0.05) is 22.5 Å². The van der Waals surface area contributed by atoms with Crippen molar-refractivity contribution in [2.75, 3.05) is 0 Å². The third kappa shape index (κ3) is 2.47. The van der Waals surface area contributed by atoms with E-state index in [1.807, 2.05) is 30.3 Å². The van der Waals surface area contributed by atoms with Gasteiger partial charge in [-0.3, -0.25) is 4.98 Å². The first-order valence-electron chi connectivity index (χ1n) is 6.33. The lowest BCUT2D eigenvalue weighted by atomic mass is 10.0. The number of nitrogens with zero attached hydrogens (tertiary/aromatic N) is 1. The number of aromatic nitrogens is 1. The smallest absolute Gasteiger partial charge is 0.0708 e. The zero-order valence-corrected chi connectivity index (χ0v) is 11.5. The lowest BCUT2D eigenvalue weighted by Gasteiger charge is -2.07. The fraction of sp³-hybridized carbons (Fsp3) is 0.118. The second-order valence-corrected chi connectivity index (χ2v) is 5.12. The summed E-state index contributed by atoms with van der Waals surface area (Å²) in [6, 6.07) is 18.3. The molecule has 0 amide bonds. The maximum absolute atomic E-state index is 6.20. The van der Waals surface area contributed by atoms with Gasteiger partial charge in [-0.15, -0.1) is 0 Å². The zero-order chi connectivity index (χ0) is 13.2. The molecule has 0 saturated heterocycles. The summed E-state index contributed by atoms with van der Waals surface area (Å²) < 4.78 is 0. The lowest BCUT2D eigenvalue weighted by Crippen LogP contribution is -1.95. The molecule has 0 spiro atoms. The molecule has 2 aromatic carbocycles. The molecule has 19 heavy (non-hydrogen) atoms. The van der Waals surface area contributed by atoms with Gasteiger partial charge < -0.3 is 0 Å². The summed E-state index contributed by atoms with van der Waals surface area (Å²) in [4.78, 5) is 4.71. The van der Waals surface area contributed by atoms with Gasteiger partial charge in [-0.25, -0.2) is 0 Å². The van der Waals surface area contributed by atoms with Crippen LogP contribution in [0.3, 0.4) is 0 Å². The quantitative estimate of drug-likeness (QED) is 0.651. The van der Waals surface area contributed by atoms with Crippen LogP contribution in [0.5, 0.6) is 0 Å². The minimum absolute atomic E-state index is 0.769. The van der Waals surface area contributed by atoms with E-state index in [9.17, 15) is 0 Å². The largest absolute Gasteiger partial charge is 0.252 e. The Kier molecular flexibility index (Phi) is 3.22. The third-order valence-corrected chi connectivity index (χ3v) is 3.67. The first kappa shape index (κ1) is 12.2. The summed E-state index contributed by atoms with van der Waals surface area (Å²) in [5.74, 6) is 0. The summed E-state index contributed by atoms with van der Waals surface area (Å²) in [6.45, 7) is 2.13. The van der Waals surface area contributed by atoms with Crippen molar-refractivity contribution >= 4 is 22.5 Å². The van der Waals surface area contributed by atoms with Gasteiger partial charge in [0.2, 0.25) is 0 Å². The molecule has 0 aliphatic heterocycles. The number of hydrogen-bond acceptors (Lipinski definition) is 1. The van der Waals surface area contributed by atoms with Crippen molar-refractivity contribution in [3.63, 3.8) is 0 Å². The van der Waals surface area contributed by atoms with Crippen molar-refractivity contribution in [2.24, 2.45) is 0 Å². The van der Waals surface area contributed by atoms with Crippen molar-refractivity contribution in [2.45, 2.75) is 13.3 Å². The number of fused-ring (bicyclic) bond motifs is 1. The Morgan fingerprint density at radius 1 is 1.00 bits per heavy atom. The molecule has 3 aromatic rings. The van der Waals surface area contributed by atoms with E-state index in [1.54, 1.807) is 0 Å². The third-order valence-electron chi connectivity index (χ3n) is 3.31. The summed E-state index contributed by atoms with van der Waals surface area (Å²) in [5, 5.41) is 2.01. The van der Waals surface area contributed by atoms with Crippen LogP contribution in [0, 0.1) is 6.92 Å². The maximum Gasteiger partial charge on any atom is 0.0708 e. The van der Waals surface area contributed by atoms with E-state index < -0.39 is 0 Å². The van der Waals surface area contributed by atoms with E-state index in [0.29, 0.717) is 0 Å². The molecule has 0 radical (unpaired) electrons. The SMILES string of the molecule is Cc1cc(Cc2ccccc2Cl)nc2ccccc12. The summed E-state index contributed by atoms with van der Waals surface area (Å²) >= 11 is 6.20. The second-order valence-electron chi connectivity index (χ2n) is 4.72. The monoisotopic (exact) mass is 267 g/mol. The molecule has 0 aliphatic rings. The molecule has 1 heterocycles. The van der Waals surface area contributed by atoms with Crippen molar-refractivity contribution in [3.8, 4) is 0 Å². The fourth-order valence-electron chi connectivity index (χ4n) is 2.35. The van der Waals surface area contributed by atoms with Gasteiger partial charge in [-0.05, 0) is 36.2 Å². The van der Waals surface area contributed by atoms with E-state index in [4.69, 9.17) is 16.6 Å². The lowest BCUT2D eigenvalue weighted by molar-refractivity contribution is 1.09. The number of benzene rings is 2. The molecule has 2 heteroatoms. The summed E-state index contributed by atoms with van der Waals surface area (Å²) in [7, 11) is 0. The second kappa shape index (κ2) is 5.02. The Balaban J connectivity index is 2.04. The van der Waals surface area contributed by atoms with Crippen molar-refractivity contribution < 1.29 is 0 Å². The van der Waals surface area contributed by atoms with Crippen LogP contribution in [-0.2, 0) is 6.42 Å². The van der Waals surface area contributed by atoms with E-state index in [2.05, 4.69) is 31.2 Å². The van der Waals surface area contributed by atoms with Crippen LogP contribution in [0.15, 0.2) is 54.6 Å². The first-order chi connectivity index (χ1) is 9.24. The number of aryl methyl sites for hydroxylation is 1. The molecule has 0 N–H and O–H groups in total. The van der Waals surface area contributed by atoms with Crippen LogP contribution in [-0.4, -0.2) is 4.98 Å². The molecule has 0 fully saturated rings. The highest BCUT2D eigenvalue weighted by atomic mass is 35.5. The van der Waals surface area contributed by atoms with Crippen molar-refractivity contribution in [1.82, 2.24) is 4.98 Å². The Morgan fingerprint density at radius 3 is 2.58 bits per heavy atom. The van der Waals surface area contributed by atoms with Crippen LogP contribution >= 0.6 is 11.6 Å². The van der Waals surface area contributed by atoms with Crippen LogP contribution in [0.1, 0.15) is 16.8 Å². The minimum atomic E-state index is 0.769. The summed E-state index contributed by atoms with van der Waals surface area (Å²) in [5.41, 5.74) is 4.48. The molecule has 0 aliphatic carbocycles. The van der Waals surface area contributed by atoms with E-state index in [-0.39, 0.29) is 0 Å². The molecule has 94 valence electrons. The number of hydrogen-bond donors (Lipinski definition) is 0. The van der Waals surface area contributed by atoms with Crippen LogP contribution in [0.4, 0.5) is 0 Å². The van der Waals surface area contributed by atoms with Gasteiger partial charge in [-0.2, -0.15) is 0 Å². The maximum atomic E-state index is 6.20. The van der Waals surface area contributed by atoms with Gasteiger partial charge in [0.25, 0.3) is 0 Å². The standard InChI is InChI=1S/C17H14ClN/c1-12-10-14(11-13-6-2-4-8-16(13)18)19-17-9-5-3-7-15(12)17/h2-10H,11H2,1H3. The Hall–Kier alpha value is -1.86. The Morgan fingerprint density at radius 2 is 1.74 bits per heavy atom. The van der Waals surface area contributed by atoms with Gasteiger partial charge in [-0.1, -0.05) is 48.0 Å². The van der Waals surface area contributed by atoms with Gasteiger partial charge >= 0.3 is 0 Å². The van der Waals surface area contributed by atoms with Crippen LogP contribution in [0.25, 0.3) is 10.9 Å². The molecule has 0 saturated carbocycles. The number of pyridine rings is 1. The van der Waals surface area contributed by atoms with E-state index in [1.165, 1.54) is 10.9 Å². The number of rotatable bonds is 2.